The Labute approximate surface area is 168 Å². The molecule has 1 saturated heterocycles. The van der Waals surface area contributed by atoms with Crippen molar-refractivity contribution in [3.63, 3.8) is 0 Å². The van der Waals surface area contributed by atoms with Gasteiger partial charge in [-0.15, -0.1) is 11.8 Å². The van der Waals surface area contributed by atoms with Crippen molar-refractivity contribution in [1.29, 1.82) is 5.26 Å². The van der Waals surface area contributed by atoms with E-state index < -0.39 is 10.0 Å². The largest absolute Gasteiger partial charge is 0.506 e. The van der Waals surface area contributed by atoms with Crippen LogP contribution in [0.15, 0.2) is 42.5 Å². The second kappa shape index (κ2) is 8.54. The first-order chi connectivity index (χ1) is 13.4. The van der Waals surface area contributed by atoms with E-state index in [9.17, 15) is 18.3 Å². The number of nitrogens with zero attached hydrogens (tertiary/aromatic N) is 2. The molecule has 0 spiro atoms. The summed E-state index contributed by atoms with van der Waals surface area (Å²) in [5.74, 6) is 0.464. The van der Waals surface area contributed by atoms with Crippen molar-refractivity contribution >= 4 is 39.1 Å². The molecule has 0 unspecified atom stereocenters. The average molecular weight is 418 g/mol. The number of nitriles is 1. The number of hydrogen-bond acceptors (Lipinski definition) is 6. The van der Waals surface area contributed by atoms with Crippen LogP contribution in [0.3, 0.4) is 0 Å². The van der Waals surface area contributed by atoms with Crippen LogP contribution in [0.1, 0.15) is 17.5 Å². The van der Waals surface area contributed by atoms with Gasteiger partial charge in [-0.1, -0.05) is 12.1 Å². The van der Waals surface area contributed by atoms with Gasteiger partial charge in [-0.3, -0.25) is 9.10 Å². The number of carbonyl (C=O) groups excluding carboxylic acids is 1. The first-order valence-corrected chi connectivity index (χ1v) is 11.4. The number of aromatic hydroxyl groups is 1. The molecule has 1 aliphatic rings. The first-order valence-electron chi connectivity index (χ1n) is 8.59. The fraction of sp³-hybridized carbons (Fsp3) is 0.263. The van der Waals surface area contributed by atoms with Crippen molar-refractivity contribution in [1.82, 2.24) is 0 Å². The highest BCUT2D eigenvalue weighted by Crippen LogP contribution is 2.32. The zero-order valence-electron chi connectivity index (χ0n) is 15.0. The Bertz CT molecular complexity index is 1010. The molecule has 0 atom stereocenters. The van der Waals surface area contributed by atoms with Crippen LogP contribution < -0.4 is 9.62 Å². The second-order valence-corrected chi connectivity index (χ2v) is 9.29. The van der Waals surface area contributed by atoms with Gasteiger partial charge in [-0.05, 0) is 42.3 Å². The zero-order valence-corrected chi connectivity index (χ0v) is 16.6. The highest BCUT2D eigenvalue weighted by molar-refractivity contribution is 7.99. The maximum Gasteiger partial charge on any atom is 0.235 e. The highest BCUT2D eigenvalue weighted by Gasteiger charge is 2.28. The molecule has 3 rings (SSSR count). The summed E-state index contributed by atoms with van der Waals surface area (Å²) >= 11 is 1.40. The molecule has 2 N–H and O–H groups in total. The van der Waals surface area contributed by atoms with Crippen LogP contribution in [0.4, 0.5) is 11.4 Å². The Balaban J connectivity index is 1.59. The Morgan fingerprint density at radius 3 is 2.64 bits per heavy atom. The normalized spacial score (nSPS) is 15.2. The van der Waals surface area contributed by atoms with Gasteiger partial charge in [-0.2, -0.15) is 5.26 Å². The summed E-state index contributed by atoms with van der Waals surface area (Å²) in [5.41, 5.74) is 2.20. The summed E-state index contributed by atoms with van der Waals surface area (Å²) in [7, 11) is -3.33. The summed E-state index contributed by atoms with van der Waals surface area (Å²) in [6.45, 7) is 0.390. The molecule has 1 amide bonds. The van der Waals surface area contributed by atoms with E-state index in [1.54, 1.807) is 12.1 Å². The minimum atomic E-state index is -3.33. The van der Waals surface area contributed by atoms with Gasteiger partial charge in [-0.25, -0.2) is 8.42 Å². The molecule has 0 saturated carbocycles. The van der Waals surface area contributed by atoms with Gasteiger partial charge >= 0.3 is 0 Å². The van der Waals surface area contributed by atoms with Crippen molar-refractivity contribution in [3.05, 3.63) is 53.6 Å². The number of rotatable bonds is 6. The molecule has 2 aromatic rings. The predicted octanol–water partition coefficient (Wildman–Crippen LogP) is 2.68. The van der Waals surface area contributed by atoms with E-state index in [1.807, 2.05) is 12.1 Å². The molecule has 2 aromatic carbocycles. The molecule has 0 bridgehead atoms. The van der Waals surface area contributed by atoms with Gasteiger partial charge in [0.2, 0.25) is 15.9 Å². The van der Waals surface area contributed by atoms with Crippen LogP contribution in [0.5, 0.6) is 5.75 Å². The van der Waals surface area contributed by atoms with Crippen molar-refractivity contribution in [2.45, 2.75) is 12.2 Å². The van der Waals surface area contributed by atoms with Crippen LogP contribution in [0.2, 0.25) is 0 Å². The van der Waals surface area contributed by atoms with Crippen LogP contribution in [-0.2, 0) is 20.6 Å². The lowest BCUT2D eigenvalue weighted by molar-refractivity contribution is -0.113. The molecule has 1 heterocycles. The number of nitrogens with one attached hydrogen (secondary N) is 1. The van der Waals surface area contributed by atoms with E-state index in [2.05, 4.69) is 11.4 Å². The number of phenols is 1. The third kappa shape index (κ3) is 4.77. The van der Waals surface area contributed by atoms with E-state index in [4.69, 9.17) is 5.26 Å². The molecule has 28 heavy (non-hydrogen) atoms. The minimum absolute atomic E-state index is 0.0988. The topological polar surface area (TPSA) is 111 Å². The summed E-state index contributed by atoms with van der Waals surface area (Å²) in [4.78, 5) is 12.2. The zero-order chi connectivity index (χ0) is 20.1. The van der Waals surface area contributed by atoms with E-state index in [0.29, 0.717) is 30.0 Å². The number of amides is 1. The van der Waals surface area contributed by atoms with Crippen molar-refractivity contribution in [3.8, 4) is 11.8 Å². The number of benzene rings is 2. The highest BCUT2D eigenvalue weighted by atomic mass is 32.2. The average Bonchev–Trinajstić information content (AvgIpc) is 3.03. The van der Waals surface area contributed by atoms with Crippen LogP contribution in [0, 0.1) is 11.3 Å². The lowest BCUT2D eigenvalue weighted by Gasteiger charge is -2.18. The molecular formula is C19H19N3O4S2. The smallest absolute Gasteiger partial charge is 0.235 e. The third-order valence-electron chi connectivity index (χ3n) is 4.23. The molecule has 7 nitrogen and oxygen atoms in total. The Kier molecular flexibility index (Phi) is 6.11. The van der Waals surface area contributed by atoms with E-state index in [-0.39, 0.29) is 28.8 Å². The van der Waals surface area contributed by atoms with Gasteiger partial charge in [0.25, 0.3) is 0 Å². The van der Waals surface area contributed by atoms with Gasteiger partial charge in [0, 0.05) is 12.3 Å². The molecule has 0 aliphatic carbocycles. The second-order valence-electron chi connectivity index (χ2n) is 6.29. The van der Waals surface area contributed by atoms with Gasteiger partial charge in [0.15, 0.2) is 0 Å². The minimum Gasteiger partial charge on any atom is -0.506 e. The summed E-state index contributed by atoms with van der Waals surface area (Å²) in [6.07, 6.45) is 0.552. The van der Waals surface area contributed by atoms with Crippen molar-refractivity contribution in [2.24, 2.45) is 0 Å². The van der Waals surface area contributed by atoms with Crippen LogP contribution in [0.25, 0.3) is 0 Å². The summed E-state index contributed by atoms with van der Waals surface area (Å²) < 4.78 is 25.4. The van der Waals surface area contributed by atoms with Gasteiger partial charge < -0.3 is 10.4 Å². The fourth-order valence-electron chi connectivity index (χ4n) is 2.83. The molecule has 0 radical (unpaired) electrons. The summed E-state index contributed by atoms with van der Waals surface area (Å²) in [5, 5.41) is 21.4. The molecule has 9 heteroatoms. The number of anilines is 2. The molecule has 146 valence electrons. The summed E-state index contributed by atoms with van der Waals surface area (Å²) in [6, 6.07) is 13.6. The Morgan fingerprint density at radius 2 is 2.00 bits per heavy atom. The SMILES string of the molecule is N#Cc1ccc(CSCC(=O)Nc2cc(N3CCCS3(=O)=O)ccc2O)cc1. The van der Waals surface area contributed by atoms with Crippen molar-refractivity contribution < 1.29 is 18.3 Å². The predicted molar refractivity (Wildman–Crippen MR) is 110 cm³/mol. The maximum atomic E-state index is 12.2. The number of carbonyl (C=O) groups is 1. The van der Waals surface area contributed by atoms with Crippen LogP contribution in [-0.4, -0.2) is 37.5 Å². The quantitative estimate of drug-likeness (QED) is 0.699. The molecule has 0 aromatic heterocycles. The monoisotopic (exact) mass is 417 g/mol. The molecule has 1 aliphatic heterocycles. The fourth-order valence-corrected chi connectivity index (χ4v) is 5.18. The number of thioether (sulfide) groups is 1. The molecular weight excluding hydrogens is 398 g/mol. The number of hydrogen-bond donors (Lipinski definition) is 2. The lowest BCUT2D eigenvalue weighted by atomic mass is 10.2. The van der Waals surface area contributed by atoms with E-state index in [1.165, 1.54) is 34.3 Å². The standard InChI is InChI=1S/C19H19N3O4S2/c20-11-14-2-4-15(5-3-14)12-27-13-19(24)21-17-10-16(6-7-18(17)23)22-8-1-9-28(22,25)26/h2-7,10,23H,1,8-9,12-13H2,(H,21,24). The van der Waals surface area contributed by atoms with E-state index >= 15 is 0 Å². The molecule has 1 fully saturated rings. The van der Waals surface area contributed by atoms with E-state index in [0.717, 1.165) is 5.56 Å². The first kappa shape index (κ1) is 20.0. The van der Waals surface area contributed by atoms with Crippen molar-refractivity contribution in [2.75, 3.05) is 27.7 Å². The number of phenolic OH excluding ortho intramolecular Hbond substituents is 1. The third-order valence-corrected chi connectivity index (χ3v) is 7.10. The Hall–Kier alpha value is -2.70. The Morgan fingerprint density at radius 1 is 1.25 bits per heavy atom. The lowest BCUT2D eigenvalue weighted by Crippen LogP contribution is -2.25. The van der Waals surface area contributed by atoms with Crippen LogP contribution >= 0.6 is 11.8 Å². The van der Waals surface area contributed by atoms with Gasteiger partial charge in [0.1, 0.15) is 5.75 Å². The maximum absolute atomic E-state index is 12.2. The number of sulfonamides is 1. The van der Waals surface area contributed by atoms with Gasteiger partial charge in [0.05, 0.1) is 34.5 Å².